The number of aromatic hydroxyl groups is 1. The van der Waals surface area contributed by atoms with Gasteiger partial charge in [0.15, 0.2) is 0 Å². The molecule has 8 nitrogen and oxygen atoms in total. The van der Waals surface area contributed by atoms with E-state index in [1.807, 2.05) is 24.3 Å². The third-order valence-electron chi connectivity index (χ3n) is 5.00. The maximum atomic E-state index is 12.5. The number of amides is 1. The van der Waals surface area contributed by atoms with Gasteiger partial charge in [0.05, 0.1) is 35.9 Å². The van der Waals surface area contributed by atoms with Crippen LogP contribution in [0.15, 0.2) is 70.6 Å². The number of ether oxygens (including phenoxy) is 1. The zero-order valence-electron chi connectivity index (χ0n) is 17.8. The van der Waals surface area contributed by atoms with Crippen LogP contribution in [0, 0.1) is 0 Å². The summed E-state index contributed by atoms with van der Waals surface area (Å²) in [5, 5.41) is 15.8. The smallest absolute Gasteiger partial charge is 0.337 e. The number of nitrogens with one attached hydrogen (secondary N) is 1. The maximum absolute atomic E-state index is 12.5. The van der Waals surface area contributed by atoms with Gasteiger partial charge in [-0.3, -0.25) is 14.2 Å². The number of nitrogens with zero attached hydrogens (tertiary/aromatic N) is 2. The molecule has 34 heavy (non-hydrogen) atoms. The van der Waals surface area contributed by atoms with Gasteiger partial charge in [-0.1, -0.05) is 59.3 Å². The molecule has 1 heterocycles. The van der Waals surface area contributed by atoms with Gasteiger partial charge in [-0.2, -0.15) is 5.10 Å². The lowest BCUT2D eigenvalue weighted by Crippen LogP contribution is -2.17. The van der Waals surface area contributed by atoms with Crippen LogP contribution >= 0.6 is 22.9 Å². The number of thiazole rings is 1. The minimum absolute atomic E-state index is 0.0678. The van der Waals surface area contributed by atoms with Crippen LogP contribution < -0.4 is 10.3 Å². The Hall–Kier alpha value is -3.95. The summed E-state index contributed by atoms with van der Waals surface area (Å²) in [7, 11) is 1.29. The summed E-state index contributed by atoms with van der Waals surface area (Å²) in [6, 6.07) is 17.1. The van der Waals surface area contributed by atoms with Gasteiger partial charge in [0.25, 0.3) is 5.91 Å². The lowest BCUT2D eigenvalue weighted by Gasteiger charge is -2.06. The molecule has 3 aromatic carbocycles. The van der Waals surface area contributed by atoms with Gasteiger partial charge < -0.3 is 9.84 Å². The van der Waals surface area contributed by atoms with Crippen LogP contribution in [0.5, 0.6) is 5.75 Å². The largest absolute Gasteiger partial charge is 0.507 e. The molecule has 0 aliphatic carbocycles. The van der Waals surface area contributed by atoms with Gasteiger partial charge in [0.1, 0.15) is 10.9 Å². The zero-order valence-corrected chi connectivity index (χ0v) is 19.4. The number of hydrogen-bond donors (Lipinski definition) is 2. The van der Waals surface area contributed by atoms with E-state index in [4.69, 9.17) is 16.3 Å². The molecule has 2 N–H and O–H groups in total. The molecule has 0 fully saturated rings. The van der Waals surface area contributed by atoms with E-state index in [9.17, 15) is 19.5 Å². The Balaban J connectivity index is 1.50. The van der Waals surface area contributed by atoms with E-state index in [-0.39, 0.29) is 27.9 Å². The van der Waals surface area contributed by atoms with Crippen LogP contribution in [0.4, 0.5) is 0 Å². The second-order valence-corrected chi connectivity index (χ2v) is 8.57. The van der Waals surface area contributed by atoms with E-state index in [1.54, 1.807) is 30.3 Å². The Morgan fingerprint density at radius 3 is 2.62 bits per heavy atom. The number of halogens is 1. The van der Waals surface area contributed by atoms with E-state index >= 15 is 0 Å². The number of carbonyl (C=O) groups excluding carboxylic acids is 2. The second-order valence-electron chi connectivity index (χ2n) is 7.22. The summed E-state index contributed by atoms with van der Waals surface area (Å²) in [4.78, 5) is 36.7. The van der Waals surface area contributed by atoms with Crippen LogP contribution in [0.2, 0.25) is 5.15 Å². The molecular weight excluding hydrogens is 478 g/mol. The summed E-state index contributed by atoms with van der Waals surface area (Å²) < 4.78 is 6.05. The first kappa shape index (κ1) is 23.2. The summed E-state index contributed by atoms with van der Waals surface area (Å²) in [6.45, 7) is 0.143. The molecule has 10 heteroatoms. The summed E-state index contributed by atoms with van der Waals surface area (Å²) >= 11 is 7.23. The molecular formula is C24H18ClN3O5S. The Labute approximate surface area is 202 Å². The Kier molecular flexibility index (Phi) is 6.76. The molecule has 0 atom stereocenters. The third kappa shape index (κ3) is 4.85. The molecule has 0 spiro atoms. The highest BCUT2D eigenvalue weighted by atomic mass is 35.5. The molecule has 0 radical (unpaired) electrons. The molecule has 4 rings (SSSR count). The monoisotopic (exact) mass is 495 g/mol. The van der Waals surface area contributed by atoms with Crippen molar-refractivity contribution in [1.29, 1.82) is 0 Å². The minimum Gasteiger partial charge on any atom is -0.507 e. The maximum Gasteiger partial charge on any atom is 0.337 e. The number of esters is 1. The van der Waals surface area contributed by atoms with Crippen molar-refractivity contribution in [2.45, 2.75) is 6.54 Å². The van der Waals surface area contributed by atoms with E-state index in [1.165, 1.54) is 24.0 Å². The molecule has 0 aliphatic heterocycles. The predicted molar refractivity (Wildman–Crippen MR) is 131 cm³/mol. The standard InChI is InChI=1S/C24H18ClN3O5S/c1-33-23(31)17-8-4-5-14(9-17)13-28-21(25)20(34-24(28)32)12-26-27-22(30)18-10-15-6-2-3-7-16(15)11-19(18)29/h2-12,29H,13H2,1H3,(H,27,30)/b26-12-. The fourth-order valence-electron chi connectivity index (χ4n) is 3.33. The summed E-state index contributed by atoms with van der Waals surface area (Å²) in [5.74, 6) is -1.26. The molecule has 172 valence electrons. The molecule has 0 saturated carbocycles. The number of benzene rings is 3. The first-order chi connectivity index (χ1) is 16.4. The molecule has 0 saturated heterocycles. The van der Waals surface area contributed by atoms with Crippen LogP contribution in [0.25, 0.3) is 10.8 Å². The fraction of sp³-hybridized carbons (Fsp3) is 0.0833. The highest BCUT2D eigenvalue weighted by Gasteiger charge is 2.15. The van der Waals surface area contributed by atoms with Gasteiger partial charge in [-0.05, 0) is 40.6 Å². The van der Waals surface area contributed by atoms with E-state index in [2.05, 4.69) is 10.5 Å². The van der Waals surface area contributed by atoms with Crippen molar-refractivity contribution in [3.63, 3.8) is 0 Å². The highest BCUT2D eigenvalue weighted by molar-refractivity contribution is 7.11. The number of aromatic nitrogens is 1. The number of hydrazone groups is 1. The number of hydrogen-bond acceptors (Lipinski definition) is 7. The quantitative estimate of drug-likeness (QED) is 0.238. The lowest BCUT2D eigenvalue weighted by atomic mass is 10.1. The minimum atomic E-state index is -0.609. The number of phenols is 1. The number of fused-ring (bicyclic) bond motifs is 1. The Morgan fingerprint density at radius 2 is 1.88 bits per heavy atom. The lowest BCUT2D eigenvalue weighted by molar-refractivity contribution is 0.0600. The Morgan fingerprint density at radius 1 is 1.15 bits per heavy atom. The van der Waals surface area contributed by atoms with Crippen molar-refractivity contribution < 1.29 is 19.4 Å². The summed E-state index contributed by atoms with van der Waals surface area (Å²) in [6.07, 6.45) is 1.27. The Bertz CT molecular complexity index is 1490. The molecule has 0 unspecified atom stereocenters. The average Bonchev–Trinajstić information content (AvgIpc) is 3.10. The first-order valence-corrected chi connectivity index (χ1v) is 11.2. The van der Waals surface area contributed by atoms with E-state index < -0.39 is 11.9 Å². The van der Waals surface area contributed by atoms with Gasteiger partial charge >= 0.3 is 10.8 Å². The van der Waals surface area contributed by atoms with Gasteiger partial charge in [0, 0.05) is 0 Å². The third-order valence-corrected chi connectivity index (χ3v) is 6.44. The van der Waals surface area contributed by atoms with Crippen molar-refractivity contribution in [3.05, 3.63) is 97.1 Å². The molecule has 0 bridgehead atoms. The van der Waals surface area contributed by atoms with E-state index in [0.717, 1.165) is 22.1 Å². The predicted octanol–water partition coefficient (Wildman–Crippen LogP) is 4.02. The van der Waals surface area contributed by atoms with Crippen LogP contribution in [0.3, 0.4) is 0 Å². The van der Waals surface area contributed by atoms with Crippen molar-refractivity contribution in [2.75, 3.05) is 7.11 Å². The van der Waals surface area contributed by atoms with Crippen molar-refractivity contribution in [2.24, 2.45) is 5.10 Å². The van der Waals surface area contributed by atoms with Crippen molar-refractivity contribution in [1.82, 2.24) is 9.99 Å². The van der Waals surface area contributed by atoms with Crippen molar-refractivity contribution >= 4 is 51.8 Å². The van der Waals surface area contributed by atoms with E-state index in [0.29, 0.717) is 16.0 Å². The van der Waals surface area contributed by atoms with Crippen molar-refractivity contribution in [3.8, 4) is 5.75 Å². The zero-order chi connectivity index (χ0) is 24.2. The molecule has 1 amide bonds. The van der Waals surface area contributed by atoms with Crippen LogP contribution in [-0.4, -0.2) is 34.9 Å². The van der Waals surface area contributed by atoms with Gasteiger partial charge in [0.2, 0.25) is 0 Å². The normalized spacial score (nSPS) is 11.1. The number of phenolic OH excluding ortho intramolecular Hbond substituents is 1. The molecule has 4 aromatic rings. The van der Waals surface area contributed by atoms with Gasteiger partial charge in [-0.25, -0.2) is 10.2 Å². The SMILES string of the molecule is COC(=O)c1cccc(Cn2c(Cl)c(/C=N\NC(=O)c3cc4ccccc4cc3O)sc2=O)c1. The first-order valence-electron chi connectivity index (χ1n) is 9.99. The molecule has 1 aromatic heterocycles. The highest BCUT2D eigenvalue weighted by Crippen LogP contribution is 2.25. The molecule has 0 aliphatic rings. The fourth-order valence-corrected chi connectivity index (χ4v) is 4.44. The second kappa shape index (κ2) is 9.90. The summed E-state index contributed by atoms with van der Waals surface area (Å²) in [5.41, 5.74) is 3.46. The number of carbonyl (C=O) groups is 2. The van der Waals surface area contributed by atoms with Crippen LogP contribution in [0.1, 0.15) is 31.2 Å². The average molecular weight is 496 g/mol. The topological polar surface area (TPSA) is 110 Å². The number of methoxy groups -OCH3 is 1. The van der Waals surface area contributed by atoms with Gasteiger partial charge in [-0.15, -0.1) is 0 Å². The number of rotatable bonds is 6. The van der Waals surface area contributed by atoms with Crippen LogP contribution in [-0.2, 0) is 11.3 Å².